The molecule has 0 aliphatic heterocycles. The first-order valence-electron chi connectivity index (χ1n) is 6.48. The Morgan fingerprint density at radius 2 is 2.11 bits per heavy atom. The topological polar surface area (TPSA) is 64.9 Å². The van der Waals surface area contributed by atoms with Crippen molar-refractivity contribution in [3.63, 3.8) is 0 Å². The molecule has 19 heavy (non-hydrogen) atoms. The van der Waals surface area contributed by atoms with E-state index in [9.17, 15) is 4.39 Å². The number of hydrogen-bond donors (Lipinski definition) is 1. The van der Waals surface area contributed by atoms with Gasteiger partial charge in [-0.25, -0.2) is 4.39 Å². The number of nitrogens with zero attached hydrogens (tertiary/aromatic N) is 2. The summed E-state index contributed by atoms with van der Waals surface area (Å²) in [6.45, 7) is 0. The molecule has 0 atom stereocenters. The van der Waals surface area contributed by atoms with E-state index in [0.717, 1.165) is 19.3 Å². The third kappa shape index (κ3) is 2.66. The van der Waals surface area contributed by atoms with Crippen LogP contribution in [0.25, 0.3) is 0 Å². The SMILES string of the molecule is NC1(Cc2nc(Cc3ccccc3F)no2)CCC1. The molecule has 4 nitrogen and oxygen atoms in total. The second kappa shape index (κ2) is 4.74. The highest BCUT2D eigenvalue weighted by molar-refractivity contribution is 5.20. The molecule has 0 amide bonds. The fourth-order valence-electron chi connectivity index (χ4n) is 2.35. The molecule has 1 fully saturated rings. The van der Waals surface area contributed by atoms with E-state index < -0.39 is 0 Å². The predicted octanol–water partition coefficient (Wildman–Crippen LogP) is 2.22. The summed E-state index contributed by atoms with van der Waals surface area (Å²) in [7, 11) is 0. The van der Waals surface area contributed by atoms with E-state index in [0.29, 0.717) is 30.1 Å². The van der Waals surface area contributed by atoms with Gasteiger partial charge in [0.2, 0.25) is 5.89 Å². The normalized spacial score (nSPS) is 17.2. The van der Waals surface area contributed by atoms with Crippen LogP contribution in [0.4, 0.5) is 4.39 Å². The summed E-state index contributed by atoms with van der Waals surface area (Å²) in [5, 5.41) is 3.89. The Kier molecular flexibility index (Phi) is 3.06. The number of halogens is 1. The lowest BCUT2D eigenvalue weighted by atomic mass is 9.75. The van der Waals surface area contributed by atoms with Crippen molar-refractivity contribution in [2.75, 3.05) is 0 Å². The van der Waals surface area contributed by atoms with Crippen LogP contribution in [0.2, 0.25) is 0 Å². The Labute approximate surface area is 110 Å². The van der Waals surface area contributed by atoms with Gasteiger partial charge in [0.1, 0.15) is 5.82 Å². The lowest BCUT2D eigenvalue weighted by molar-refractivity contribution is 0.221. The summed E-state index contributed by atoms with van der Waals surface area (Å²) in [6.07, 6.45) is 4.10. The van der Waals surface area contributed by atoms with Gasteiger partial charge in [0.15, 0.2) is 5.82 Å². The van der Waals surface area contributed by atoms with Crippen molar-refractivity contribution in [2.24, 2.45) is 5.73 Å². The number of benzene rings is 1. The van der Waals surface area contributed by atoms with Crippen LogP contribution < -0.4 is 5.73 Å². The van der Waals surface area contributed by atoms with E-state index in [1.54, 1.807) is 18.2 Å². The van der Waals surface area contributed by atoms with E-state index in [4.69, 9.17) is 10.3 Å². The van der Waals surface area contributed by atoms with Crippen LogP contribution in [0.5, 0.6) is 0 Å². The second-order valence-electron chi connectivity index (χ2n) is 5.27. The molecule has 3 rings (SSSR count). The Bertz CT molecular complexity index is 578. The van der Waals surface area contributed by atoms with E-state index in [1.165, 1.54) is 6.07 Å². The molecular formula is C14H16FN3O. The first-order valence-corrected chi connectivity index (χ1v) is 6.48. The van der Waals surface area contributed by atoms with Gasteiger partial charge in [-0.3, -0.25) is 0 Å². The molecule has 1 aromatic heterocycles. The fourth-order valence-corrected chi connectivity index (χ4v) is 2.35. The van der Waals surface area contributed by atoms with Gasteiger partial charge < -0.3 is 10.3 Å². The molecule has 0 saturated heterocycles. The van der Waals surface area contributed by atoms with Gasteiger partial charge in [-0.1, -0.05) is 23.4 Å². The standard InChI is InChI=1S/C14H16FN3O/c15-11-5-2-1-4-10(11)8-12-17-13(19-18-12)9-14(16)6-3-7-14/h1-2,4-5H,3,6-9,16H2. The maximum Gasteiger partial charge on any atom is 0.228 e. The minimum atomic E-state index is -0.247. The monoisotopic (exact) mass is 261 g/mol. The molecule has 0 unspecified atom stereocenters. The third-order valence-electron chi connectivity index (χ3n) is 3.67. The molecule has 2 aromatic rings. The lowest BCUT2D eigenvalue weighted by Gasteiger charge is -2.36. The minimum Gasteiger partial charge on any atom is -0.339 e. The largest absolute Gasteiger partial charge is 0.339 e. The molecule has 1 aliphatic rings. The zero-order valence-corrected chi connectivity index (χ0v) is 10.6. The van der Waals surface area contributed by atoms with Crippen molar-refractivity contribution in [1.82, 2.24) is 10.1 Å². The molecule has 1 aromatic carbocycles. The first kappa shape index (κ1) is 12.3. The minimum absolute atomic E-state index is 0.179. The highest BCUT2D eigenvalue weighted by atomic mass is 19.1. The van der Waals surface area contributed by atoms with E-state index in [1.807, 2.05) is 0 Å². The Hall–Kier alpha value is -1.75. The Morgan fingerprint density at radius 1 is 1.32 bits per heavy atom. The van der Waals surface area contributed by atoms with Gasteiger partial charge in [-0.2, -0.15) is 4.98 Å². The van der Waals surface area contributed by atoms with E-state index >= 15 is 0 Å². The maximum atomic E-state index is 13.5. The van der Waals surface area contributed by atoms with Gasteiger partial charge in [0.25, 0.3) is 0 Å². The predicted molar refractivity (Wildman–Crippen MR) is 68.0 cm³/mol. The van der Waals surface area contributed by atoms with Crippen LogP contribution in [-0.2, 0) is 12.8 Å². The molecule has 0 radical (unpaired) electrons. The molecule has 0 bridgehead atoms. The number of nitrogens with two attached hydrogens (primary N) is 1. The van der Waals surface area contributed by atoms with Gasteiger partial charge in [-0.05, 0) is 30.9 Å². The maximum absolute atomic E-state index is 13.5. The molecule has 1 aliphatic carbocycles. The van der Waals surface area contributed by atoms with Crippen molar-refractivity contribution in [3.05, 3.63) is 47.4 Å². The van der Waals surface area contributed by atoms with Crippen molar-refractivity contribution < 1.29 is 8.91 Å². The van der Waals surface area contributed by atoms with Crippen molar-refractivity contribution >= 4 is 0 Å². The van der Waals surface area contributed by atoms with Gasteiger partial charge in [-0.15, -0.1) is 0 Å². The number of rotatable bonds is 4. The van der Waals surface area contributed by atoms with Crippen LogP contribution >= 0.6 is 0 Å². The summed E-state index contributed by atoms with van der Waals surface area (Å²) in [5.41, 5.74) is 6.52. The quantitative estimate of drug-likeness (QED) is 0.916. The molecule has 2 N–H and O–H groups in total. The first-order chi connectivity index (χ1) is 9.15. The average Bonchev–Trinajstić information content (AvgIpc) is 2.78. The lowest BCUT2D eigenvalue weighted by Crippen LogP contribution is -2.48. The molecule has 1 heterocycles. The summed E-state index contributed by atoms with van der Waals surface area (Å²) in [5.74, 6) is 0.805. The van der Waals surface area contributed by atoms with Gasteiger partial charge >= 0.3 is 0 Å². The number of hydrogen-bond acceptors (Lipinski definition) is 4. The van der Waals surface area contributed by atoms with Crippen LogP contribution in [0.3, 0.4) is 0 Å². The van der Waals surface area contributed by atoms with Gasteiger partial charge in [0, 0.05) is 18.4 Å². The van der Waals surface area contributed by atoms with Crippen LogP contribution in [-0.4, -0.2) is 15.7 Å². The van der Waals surface area contributed by atoms with Crippen LogP contribution in [0, 0.1) is 5.82 Å². The van der Waals surface area contributed by atoms with Crippen LogP contribution in [0.15, 0.2) is 28.8 Å². The molecule has 100 valence electrons. The van der Waals surface area contributed by atoms with Gasteiger partial charge in [0.05, 0.1) is 0 Å². The average molecular weight is 261 g/mol. The smallest absolute Gasteiger partial charge is 0.228 e. The molecular weight excluding hydrogens is 245 g/mol. The number of aromatic nitrogens is 2. The zero-order chi connectivity index (χ0) is 13.3. The van der Waals surface area contributed by atoms with Crippen LogP contribution in [0.1, 0.15) is 36.5 Å². The molecule has 1 saturated carbocycles. The van der Waals surface area contributed by atoms with Crippen molar-refractivity contribution in [3.8, 4) is 0 Å². The molecule has 5 heteroatoms. The molecule has 0 spiro atoms. The van der Waals surface area contributed by atoms with E-state index in [2.05, 4.69) is 10.1 Å². The Balaban J connectivity index is 1.70. The van der Waals surface area contributed by atoms with E-state index in [-0.39, 0.29) is 11.4 Å². The fraction of sp³-hybridized carbons (Fsp3) is 0.429. The Morgan fingerprint density at radius 3 is 2.79 bits per heavy atom. The summed E-state index contributed by atoms with van der Waals surface area (Å²) >= 11 is 0. The van der Waals surface area contributed by atoms with Crippen molar-refractivity contribution in [2.45, 2.75) is 37.6 Å². The van der Waals surface area contributed by atoms with Crippen molar-refractivity contribution in [1.29, 1.82) is 0 Å². The third-order valence-corrected chi connectivity index (χ3v) is 3.67. The summed E-state index contributed by atoms with van der Waals surface area (Å²) in [4.78, 5) is 4.29. The summed E-state index contributed by atoms with van der Waals surface area (Å²) < 4.78 is 18.7. The highest BCUT2D eigenvalue weighted by Crippen LogP contribution is 2.31. The summed E-state index contributed by atoms with van der Waals surface area (Å²) in [6, 6.07) is 6.61. The second-order valence-corrected chi connectivity index (χ2v) is 5.27. The zero-order valence-electron chi connectivity index (χ0n) is 10.6. The highest BCUT2D eigenvalue weighted by Gasteiger charge is 2.34.